The first-order chi connectivity index (χ1) is 8.22. The maximum Gasteiger partial charge on any atom is 0.263 e. The van der Waals surface area contributed by atoms with Gasteiger partial charge in [-0.25, -0.2) is 4.39 Å². The van der Waals surface area contributed by atoms with Gasteiger partial charge in [-0.05, 0) is 12.1 Å². The predicted octanol–water partition coefficient (Wildman–Crippen LogP) is 1.81. The zero-order chi connectivity index (χ0) is 12.3. The molecule has 0 aliphatic rings. The summed E-state index contributed by atoms with van der Waals surface area (Å²) in [5.74, 6) is -0.659. The number of amides is 1. The second-order valence-corrected chi connectivity index (χ2v) is 3.24. The quantitative estimate of drug-likeness (QED) is 0.852. The molecule has 0 unspecified atom stereocenters. The molecular weight excluding hydrogens is 225 g/mol. The minimum atomic E-state index is -0.638. The maximum atomic E-state index is 13.5. The van der Waals surface area contributed by atoms with Crippen molar-refractivity contribution in [1.82, 2.24) is 10.2 Å². The molecule has 2 aromatic rings. The van der Waals surface area contributed by atoms with Crippen molar-refractivity contribution in [2.75, 3.05) is 12.4 Å². The van der Waals surface area contributed by atoms with Crippen LogP contribution in [0.1, 0.15) is 10.4 Å². The van der Waals surface area contributed by atoms with Gasteiger partial charge in [0.05, 0.1) is 13.3 Å². The largest absolute Gasteiger partial charge is 0.496 e. The van der Waals surface area contributed by atoms with E-state index in [2.05, 4.69) is 15.5 Å². The van der Waals surface area contributed by atoms with Crippen molar-refractivity contribution in [2.24, 2.45) is 0 Å². The van der Waals surface area contributed by atoms with E-state index in [4.69, 9.17) is 4.74 Å². The number of nitrogens with zero attached hydrogens (tertiary/aromatic N) is 1. The van der Waals surface area contributed by atoms with Crippen LogP contribution in [0.25, 0.3) is 0 Å². The molecule has 6 heteroatoms. The number of aromatic amines is 1. The van der Waals surface area contributed by atoms with Crippen LogP contribution in [-0.4, -0.2) is 23.2 Å². The lowest BCUT2D eigenvalue weighted by Gasteiger charge is -2.08. The summed E-state index contributed by atoms with van der Waals surface area (Å²) in [5, 5.41) is 8.70. The van der Waals surface area contributed by atoms with Crippen LogP contribution < -0.4 is 10.1 Å². The normalized spacial score (nSPS) is 10.0. The monoisotopic (exact) mass is 235 g/mol. The lowest BCUT2D eigenvalue weighted by molar-refractivity contribution is 0.101. The smallest absolute Gasteiger partial charge is 0.263 e. The van der Waals surface area contributed by atoms with Crippen LogP contribution in [0.3, 0.4) is 0 Å². The molecule has 0 atom stereocenters. The van der Waals surface area contributed by atoms with E-state index in [1.165, 1.54) is 31.5 Å². The van der Waals surface area contributed by atoms with Crippen LogP contribution in [0.2, 0.25) is 0 Å². The van der Waals surface area contributed by atoms with Crippen molar-refractivity contribution in [3.8, 4) is 5.75 Å². The number of carbonyl (C=O) groups is 1. The number of benzene rings is 1. The Kier molecular flexibility index (Phi) is 3.04. The number of aromatic nitrogens is 2. The molecule has 1 heterocycles. The van der Waals surface area contributed by atoms with Gasteiger partial charge in [0, 0.05) is 6.07 Å². The SMILES string of the molecule is COc1cccc(F)c1C(=O)Nc1ccn[nH]1. The van der Waals surface area contributed by atoms with Crippen LogP contribution in [0.15, 0.2) is 30.5 Å². The molecule has 0 aliphatic carbocycles. The topological polar surface area (TPSA) is 67.0 Å². The first kappa shape index (κ1) is 11.1. The van der Waals surface area contributed by atoms with Gasteiger partial charge < -0.3 is 10.1 Å². The van der Waals surface area contributed by atoms with E-state index in [1.807, 2.05) is 0 Å². The van der Waals surface area contributed by atoms with Gasteiger partial charge in [-0.15, -0.1) is 0 Å². The highest BCUT2D eigenvalue weighted by Gasteiger charge is 2.17. The molecule has 2 N–H and O–H groups in total. The van der Waals surface area contributed by atoms with E-state index < -0.39 is 11.7 Å². The number of methoxy groups -OCH3 is 1. The zero-order valence-corrected chi connectivity index (χ0v) is 9.03. The number of nitrogens with one attached hydrogen (secondary N) is 2. The zero-order valence-electron chi connectivity index (χ0n) is 9.03. The molecule has 5 nitrogen and oxygen atoms in total. The first-order valence-electron chi connectivity index (χ1n) is 4.85. The third-order valence-corrected chi connectivity index (χ3v) is 2.17. The van der Waals surface area contributed by atoms with Crippen LogP contribution in [0, 0.1) is 5.82 Å². The molecule has 1 amide bonds. The average molecular weight is 235 g/mol. The number of rotatable bonds is 3. The summed E-state index contributed by atoms with van der Waals surface area (Å²) in [6.07, 6.45) is 1.48. The van der Waals surface area contributed by atoms with Gasteiger partial charge in [0.2, 0.25) is 0 Å². The summed E-state index contributed by atoms with van der Waals surface area (Å²) in [5.41, 5.74) is -0.135. The van der Waals surface area contributed by atoms with Gasteiger partial charge in [-0.3, -0.25) is 9.89 Å². The van der Waals surface area contributed by atoms with Crippen molar-refractivity contribution in [2.45, 2.75) is 0 Å². The summed E-state index contributed by atoms with van der Waals surface area (Å²) in [4.78, 5) is 11.8. The van der Waals surface area contributed by atoms with Gasteiger partial charge in [0.25, 0.3) is 5.91 Å². The highest BCUT2D eigenvalue weighted by Crippen LogP contribution is 2.21. The summed E-state index contributed by atoms with van der Waals surface area (Å²) in [6, 6.07) is 5.75. The highest BCUT2D eigenvalue weighted by molar-refractivity contribution is 6.05. The molecule has 0 fully saturated rings. The Balaban J connectivity index is 2.30. The second-order valence-electron chi connectivity index (χ2n) is 3.24. The summed E-state index contributed by atoms with van der Waals surface area (Å²) in [6.45, 7) is 0. The van der Waals surface area contributed by atoms with Crippen LogP contribution >= 0.6 is 0 Å². The fourth-order valence-corrected chi connectivity index (χ4v) is 1.41. The molecule has 0 saturated carbocycles. The van der Waals surface area contributed by atoms with Crippen LogP contribution in [0.4, 0.5) is 10.2 Å². The summed E-state index contributed by atoms with van der Waals surface area (Å²) >= 11 is 0. The van der Waals surface area contributed by atoms with Gasteiger partial charge in [0.1, 0.15) is 22.9 Å². The summed E-state index contributed by atoms with van der Waals surface area (Å²) in [7, 11) is 1.38. The average Bonchev–Trinajstić information content (AvgIpc) is 2.81. The number of ether oxygens (including phenoxy) is 1. The molecule has 0 aliphatic heterocycles. The van der Waals surface area contributed by atoms with Gasteiger partial charge in [0.15, 0.2) is 0 Å². The third-order valence-electron chi connectivity index (χ3n) is 2.17. The molecule has 2 rings (SSSR count). The number of H-pyrrole nitrogens is 1. The van der Waals surface area contributed by atoms with E-state index in [0.717, 1.165) is 0 Å². The molecule has 0 radical (unpaired) electrons. The van der Waals surface area contributed by atoms with Crippen molar-refractivity contribution in [3.63, 3.8) is 0 Å². The molecule has 0 spiro atoms. The molecule has 1 aromatic carbocycles. The second kappa shape index (κ2) is 4.65. The van der Waals surface area contributed by atoms with E-state index in [0.29, 0.717) is 5.82 Å². The molecule has 1 aromatic heterocycles. The number of hydrogen-bond donors (Lipinski definition) is 2. The number of anilines is 1. The minimum absolute atomic E-state index is 0.135. The molecular formula is C11H10FN3O2. The molecule has 88 valence electrons. The fourth-order valence-electron chi connectivity index (χ4n) is 1.41. The van der Waals surface area contributed by atoms with Gasteiger partial charge >= 0.3 is 0 Å². The Hall–Kier alpha value is -2.37. The van der Waals surface area contributed by atoms with E-state index in [9.17, 15) is 9.18 Å². The fraction of sp³-hybridized carbons (Fsp3) is 0.0909. The van der Waals surface area contributed by atoms with E-state index >= 15 is 0 Å². The van der Waals surface area contributed by atoms with Crippen LogP contribution in [-0.2, 0) is 0 Å². The van der Waals surface area contributed by atoms with Crippen molar-refractivity contribution >= 4 is 11.7 Å². The Bertz CT molecular complexity index is 526. The maximum absolute atomic E-state index is 13.5. The number of hydrogen-bond acceptors (Lipinski definition) is 3. The lowest BCUT2D eigenvalue weighted by atomic mass is 10.1. The van der Waals surface area contributed by atoms with Gasteiger partial charge in [-0.1, -0.05) is 6.07 Å². The molecule has 17 heavy (non-hydrogen) atoms. The van der Waals surface area contributed by atoms with Crippen molar-refractivity contribution in [1.29, 1.82) is 0 Å². The predicted molar refractivity (Wildman–Crippen MR) is 59.5 cm³/mol. The number of halogens is 1. The highest BCUT2D eigenvalue weighted by atomic mass is 19.1. The van der Waals surface area contributed by atoms with E-state index in [1.54, 1.807) is 6.07 Å². The van der Waals surface area contributed by atoms with E-state index in [-0.39, 0.29) is 11.3 Å². The minimum Gasteiger partial charge on any atom is -0.496 e. The van der Waals surface area contributed by atoms with Crippen LogP contribution in [0.5, 0.6) is 5.75 Å². The molecule has 0 saturated heterocycles. The lowest BCUT2D eigenvalue weighted by Crippen LogP contribution is -2.15. The van der Waals surface area contributed by atoms with Gasteiger partial charge in [-0.2, -0.15) is 5.10 Å². The Labute approximate surface area is 96.6 Å². The molecule has 0 bridgehead atoms. The first-order valence-corrected chi connectivity index (χ1v) is 4.85. The standard InChI is InChI=1S/C11H10FN3O2/c1-17-8-4-2-3-7(12)10(8)11(16)14-9-5-6-13-15-9/h2-6H,1H3,(H2,13,14,15,16). The number of carbonyl (C=O) groups excluding carboxylic acids is 1. The van der Waals surface area contributed by atoms with Crippen molar-refractivity contribution < 1.29 is 13.9 Å². The Morgan fingerprint density at radius 2 is 2.29 bits per heavy atom. The third kappa shape index (κ3) is 2.25. The Morgan fingerprint density at radius 1 is 1.47 bits per heavy atom. The summed E-state index contributed by atoms with van der Waals surface area (Å²) < 4.78 is 18.5. The van der Waals surface area contributed by atoms with Crippen molar-refractivity contribution in [3.05, 3.63) is 41.8 Å². The Morgan fingerprint density at radius 3 is 2.94 bits per heavy atom.